The molecular formula is C25H30FN7O8P2S2. The Morgan fingerprint density at radius 1 is 1.13 bits per heavy atom. The highest BCUT2D eigenvalue weighted by Crippen LogP contribution is 2.60. The van der Waals surface area contributed by atoms with Crippen LogP contribution < -0.4 is 5.73 Å². The van der Waals surface area contributed by atoms with Crippen molar-refractivity contribution in [2.45, 2.75) is 38.0 Å². The first kappa shape index (κ1) is 32.5. The van der Waals surface area contributed by atoms with Crippen molar-refractivity contribution in [2.24, 2.45) is 28.5 Å². The zero-order valence-electron chi connectivity index (χ0n) is 23.7. The predicted octanol–water partition coefficient (Wildman–Crippen LogP) is 4.11. The molecule has 0 radical (unpaired) electrons. The Hall–Kier alpha value is -2.40. The van der Waals surface area contributed by atoms with Crippen LogP contribution in [0.5, 0.6) is 0 Å². The van der Waals surface area contributed by atoms with Gasteiger partial charge in [0, 0.05) is 18.6 Å². The summed E-state index contributed by atoms with van der Waals surface area (Å²) in [6.07, 6.45) is 3.76. The molecule has 3 aromatic heterocycles. The van der Waals surface area contributed by atoms with E-state index in [2.05, 4.69) is 51.0 Å². The molecule has 20 heteroatoms. The van der Waals surface area contributed by atoms with E-state index in [0.29, 0.717) is 28.8 Å². The second-order valence-corrected chi connectivity index (χ2v) is 16.7. The number of hydrogen-bond donors (Lipinski definition) is 3. The van der Waals surface area contributed by atoms with Crippen molar-refractivity contribution in [1.82, 2.24) is 23.9 Å². The average molecular weight is 702 g/mol. The molecule has 3 aliphatic rings. The Bertz CT molecular complexity index is 1800. The standard InChI is InChI=1S/C25H30FN7O8P2S2/c1-13(3-4-28-14(2)22(27)34)16-7-15-8-37-43(36,45)41-21-18(10-39-42(35,44)38-9-17(15)16)40-25(19(21)26)33-12-30-20-23-29-5-6-32(23)11-31-24(20)33/h3-6,11-12,15-19,21,25H,1,7-10H2,2H3,(H2,27,34)(H,35,44)(H,36,45)/b4-3-,28-14+/t15-,16+,17-,18-,19-,21-,25-,42-,43-/m1/s1. The van der Waals surface area contributed by atoms with E-state index in [4.69, 9.17) is 28.6 Å². The van der Waals surface area contributed by atoms with Crippen LogP contribution >= 0.6 is 38.1 Å². The fraction of sp³-hybridized carbons (Fsp3) is 0.480. The number of nitrogens with zero attached hydrogens (tertiary/aromatic N) is 6. The first-order valence-electron chi connectivity index (χ1n) is 13.7. The number of carbonyl (C=O) groups excluding carboxylic acids is 1. The number of imidazole rings is 2. The van der Waals surface area contributed by atoms with E-state index in [-0.39, 0.29) is 36.7 Å². The minimum Gasteiger partial charge on any atom is -0.365 e. The number of allylic oxidation sites excluding steroid dienone is 2. The molecule has 2 aliphatic heterocycles. The summed E-state index contributed by atoms with van der Waals surface area (Å²) in [5.41, 5.74) is 7.21. The smallest absolute Gasteiger partial charge is 0.365 e. The third-order valence-electron chi connectivity index (χ3n) is 8.10. The third kappa shape index (κ3) is 6.71. The molecule has 3 aromatic rings. The molecule has 0 bridgehead atoms. The highest BCUT2D eigenvalue weighted by atomic mass is 32.7. The topological polar surface area (TPSA) is 184 Å². The van der Waals surface area contributed by atoms with Gasteiger partial charge in [0.2, 0.25) is 0 Å². The second-order valence-electron chi connectivity index (χ2n) is 10.9. The van der Waals surface area contributed by atoms with Gasteiger partial charge < -0.3 is 19.5 Å². The summed E-state index contributed by atoms with van der Waals surface area (Å²) in [6, 6.07) is 0. The van der Waals surface area contributed by atoms with Gasteiger partial charge in [0.25, 0.3) is 5.91 Å². The fourth-order valence-electron chi connectivity index (χ4n) is 5.58. The van der Waals surface area contributed by atoms with Crippen LogP contribution in [0.4, 0.5) is 4.39 Å². The van der Waals surface area contributed by atoms with Crippen LogP contribution in [-0.4, -0.2) is 73.7 Å². The Kier molecular flexibility index (Phi) is 9.15. The van der Waals surface area contributed by atoms with Gasteiger partial charge in [-0.05, 0) is 37.2 Å². The molecule has 1 aliphatic carbocycles. The molecule has 2 N–H and O–H groups in total. The maximum atomic E-state index is 16.1. The van der Waals surface area contributed by atoms with Gasteiger partial charge in [-0.25, -0.2) is 28.5 Å². The molecule has 2 saturated heterocycles. The molecule has 3 fully saturated rings. The molecule has 242 valence electrons. The van der Waals surface area contributed by atoms with Gasteiger partial charge in [-0.2, -0.15) is 0 Å². The van der Waals surface area contributed by atoms with Crippen LogP contribution in [0.3, 0.4) is 0 Å². The molecule has 0 spiro atoms. The number of ether oxygens (including phenoxy) is 1. The highest BCUT2D eigenvalue weighted by Gasteiger charge is 2.52. The van der Waals surface area contributed by atoms with Gasteiger partial charge in [0.1, 0.15) is 24.2 Å². The number of rotatable bonds is 5. The summed E-state index contributed by atoms with van der Waals surface area (Å²) in [4.78, 5) is 28.1. The average Bonchev–Trinajstić information content (AvgIpc) is 3.68. The summed E-state index contributed by atoms with van der Waals surface area (Å²) in [7, 11) is 0. The van der Waals surface area contributed by atoms with Crippen molar-refractivity contribution in [1.29, 1.82) is 0 Å². The number of nitrogens with two attached hydrogens (primary N) is 1. The lowest BCUT2D eigenvalue weighted by Crippen LogP contribution is -2.42. The predicted molar refractivity (Wildman–Crippen MR) is 167 cm³/mol. The summed E-state index contributed by atoms with van der Waals surface area (Å²) >= 11 is 8.23. The first-order chi connectivity index (χ1) is 21.3. The van der Waals surface area contributed by atoms with Crippen LogP contribution in [0.25, 0.3) is 16.8 Å². The van der Waals surface area contributed by atoms with E-state index in [1.54, 1.807) is 22.9 Å². The maximum absolute atomic E-state index is 16.1. The molecule has 9 atom stereocenters. The monoisotopic (exact) mass is 701 g/mol. The zero-order chi connectivity index (χ0) is 32.1. The number of carbonyl (C=O) groups is 1. The van der Waals surface area contributed by atoms with Crippen molar-refractivity contribution < 1.29 is 41.1 Å². The Balaban J connectivity index is 1.20. The molecule has 1 amide bonds. The minimum absolute atomic E-state index is 0.0636. The van der Waals surface area contributed by atoms with Gasteiger partial charge in [-0.1, -0.05) is 36.6 Å². The van der Waals surface area contributed by atoms with Crippen molar-refractivity contribution in [2.75, 3.05) is 19.8 Å². The lowest BCUT2D eigenvalue weighted by atomic mass is 9.62. The zero-order valence-corrected chi connectivity index (χ0v) is 27.3. The van der Waals surface area contributed by atoms with Crippen molar-refractivity contribution in [3.63, 3.8) is 0 Å². The quantitative estimate of drug-likeness (QED) is 0.151. The van der Waals surface area contributed by atoms with Gasteiger partial charge in [0.05, 0.1) is 26.1 Å². The number of fused-ring (bicyclic) bond motifs is 5. The van der Waals surface area contributed by atoms with Crippen LogP contribution in [0, 0.1) is 17.8 Å². The van der Waals surface area contributed by atoms with Crippen molar-refractivity contribution in [3.05, 3.63) is 49.5 Å². The van der Waals surface area contributed by atoms with Crippen molar-refractivity contribution in [3.8, 4) is 0 Å². The normalized spacial score (nSPS) is 36.5. The van der Waals surface area contributed by atoms with E-state index in [9.17, 15) is 13.9 Å². The van der Waals surface area contributed by atoms with E-state index in [1.165, 1.54) is 30.3 Å². The second kappa shape index (κ2) is 12.7. The Morgan fingerprint density at radius 2 is 1.89 bits per heavy atom. The number of aliphatic imine (C=N–C) groups is 1. The molecule has 45 heavy (non-hydrogen) atoms. The number of thiol groups is 2. The fourth-order valence-corrected chi connectivity index (χ4v) is 8.28. The number of hydrogen-bond acceptors (Lipinski definition) is 12. The van der Waals surface area contributed by atoms with Crippen LogP contribution in [-0.2, 0) is 36.8 Å². The Morgan fingerprint density at radius 3 is 2.67 bits per heavy atom. The lowest BCUT2D eigenvalue weighted by molar-refractivity contribution is -0.112. The van der Waals surface area contributed by atoms with Gasteiger partial charge in [-0.3, -0.25) is 27.8 Å². The number of alkyl halides is 1. The maximum Gasteiger partial charge on any atom is 0.386 e. The largest absolute Gasteiger partial charge is 0.386 e. The van der Waals surface area contributed by atoms with Gasteiger partial charge in [0.15, 0.2) is 29.2 Å². The van der Waals surface area contributed by atoms with E-state index < -0.39 is 50.7 Å². The number of aromatic nitrogens is 5. The van der Waals surface area contributed by atoms with Crippen LogP contribution in [0.1, 0.15) is 19.6 Å². The number of amides is 1. The van der Waals surface area contributed by atoms with E-state index in [1.807, 2.05) is 0 Å². The number of primary amides is 1. The molecule has 0 aromatic carbocycles. The van der Waals surface area contributed by atoms with Gasteiger partial charge in [-0.15, -0.1) is 0 Å². The minimum atomic E-state index is -4.14. The molecule has 1 saturated carbocycles. The van der Waals surface area contributed by atoms with E-state index in [0.717, 1.165) is 0 Å². The lowest BCUT2D eigenvalue weighted by Gasteiger charge is -2.45. The molecule has 5 heterocycles. The number of halogens is 1. The summed E-state index contributed by atoms with van der Waals surface area (Å²) < 4.78 is 74.1. The van der Waals surface area contributed by atoms with Crippen molar-refractivity contribution >= 4 is 66.5 Å². The first-order valence-corrected chi connectivity index (χ1v) is 19.1. The highest BCUT2D eigenvalue weighted by molar-refractivity contribution is 8.44. The SMILES string of the molecule is C=C(/C=C\N=C(/C)C(N)=O)[C@@H]1C[C@@H]2CO[P@@](=O)(S)O[C@H]3[C@@H](F)[C@H](n4cnc5c4ncn4ccnc54)O[C@@H]3CO[P@](=O)(S)OC[C@H]21. The van der Waals surface area contributed by atoms with Gasteiger partial charge >= 0.3 is 13.6 Å². The molecule has 0 unspecified atom stereocenters. The molecular weight excluding hydrogens is 671 g/mol. The Labute approximate surface area is 266 Å². The third-order valence-corrected chi connectivity index (χ3v) is 11.4. The van der Waals surface area contributed by atoms with E-state index >= 15 is 4.39 Å². The summed E-state index contributed by atoms with van der Waals surface area (Å²) in [5, 5.41) is 0. The van der Waals surface area contributed by atoms with Crippen LogP contribution in [0.2, 0.25) is 0 Å². The molecule has 15 nitrogen and oxygen atoms in total. The summed E-state index contributed by atoms with van der Waals surface area (Å²) in [5.74, 6) is -1.33. The van der Waals surface area contributed by atoms with Crippen LogP contribution in [0.15, 0.2) is 54.5 Å². The molecule has 6 rings (SSSR count). The summed E-state index contributed by atoms with van der Waals surface area (Å²) in [6.45, 7) is -3.19.